The number of thioether (sulfide) groups is 1. The summed E-state index contributed by atoms with van der Waals surface area (Å²) in [5, 5.41) is 10.8. The molecule has 2 rings (SSSR count). The molecular weight excluding hydrogens is 264 g/mol. The average molecular weight is 276 g/mol. The Kier molecular flexibility index (Phi) is 4.07. The third kappa shape index (κ3) is 3.26. The van der Waals surface area contributed by atoms with Gasteiger partial charge in [0.25, 0.3) is 0 Å². The van der Waals surface area contributed by atoms with Crippen LogP contribution >= 0.6 is 11.8 Å². The lowest BCUT2D eigenvalue weighted by atomic mass is 10.2. The molecule has 1 heterocycles. The van der Waals surface area contributed by atoms with Crippen molar-refractivity contribution < 1.29 is 14.3 Å². The normalized spacial score (nSPS) is 18.7. The number of nitrogens with one attached hydrogen (secondary N) is 1. The smallest absolute Gasteiger partial charge is 0.308 e. The maximum absolute atomic E-state index is 11.8. The number of esters is 1. The van der Waals surface area contributed by atoms with Gasteiger partial charge in [-0.15, -0.1) is 11.8 Å². The first-order valence-corrected chi connectivity index (χ1v) is 6.64. The summed E-state index contributed by atoms with van der Waals surface area (Å²) in [5.74, 6) is -0.758. The third-order valence-corrected chi connectivity index (χ3v) is 3.82. The lowest BCUT2D eigenvalue weighted by Gasteiger charge is -2.23. The summed E-state index contributed by atoms with van der Waals surface area (Å²) in [7, 11) is 0. The van der Waals surface area contributed by atoms with E-state index < -0.39 is 17.3 Å². The molecule has 1 N–H and O–H groups in total. The monoisotopic (exact) mass is 276 g/mol. The maximum atomic E-state index is 11.8. The summed E-state index contributed by atoms with van der Waals surface area (Å²) in [4.78, 5) is 24.3. The highest BCUT2D eigenvalue weighted by molar-refractivity contribution is 8.01. The summed E-state index contributed by atoms with van der Waals surface area (Å²) < 4.78 is 4.85. The van der Waals surface area contributed by atoms with E-state index in [1.807, 2.05) is 30.3 Å². The molecule has 0 saturated heterocycles. The number of hydrogen-bond acceptors (Lipinski definition) is 5. The van der Waals surface area contributed by atoms with Gasteiger partial charge in [-0.2, -0.15) is 5.26 Å². The van der Waals surface area contributed by atoms with E-state index in [1.165, 1.54) is 18.7 Å². The minimum atomic E-state index is -0.795. The molecule has 0 saturated carbocycles. The van der Waals surface area contributed by atoms with Gasteiger partial charge in [0.05, 0.1) is 17.4 Å². The van der Waals surface area contributed by atoms with Crippen LogP contribution in [0.2, 0.25) is 0 Å². The molecule has 5 nitrogen and oxygen atoms in total. The molecule has 0 fully saturated rings. The van der Waals surface area contributed by atoms with Crippen molar-refractivity contribution in [3.63, 3.8) is 0 Å². The number of carbonyl (C=O) groups excluding carboxylic acids is 2. The largest absolute Gasteiger partial charge is 0.447 e. The molecule has 1 aliphatic heterocycles. The van der Waals surface area contributed by atoms with E-state index in [4.69, 9.17) is 10.00 Å². The molecule has 0 bridgehead atoms. The van der Waals surface area contributed by atoms with Gasteiger partial charge in [-0.25, -0.2) is 0 Å². The van der Waals surface area contributed by atoms with E-state index in [-0.39, 0.29) is 12.3 Å². The van der Waals surface area contributed by atoms with E-state index in [0.717, 1.165) is 10.6 Å². The van der Waals surface area contributed by atoms with Crippen molar-refractivity contribution in [3.8, 4) is 6.07 Å². The maximum Gasteiger partial charge on any atom is 0.308 e. The summed E-state index contributed by atoms with van der Waals surface area (Å²) in [6.07, 6.45) is -0.840. The Labute approximate surface area is 114 Å². The van der Waals surface area contributed by atoms with Gasteiger partial charge in [-0.05, 0) is 19.1 Å². The number of ether oxygens (including phenoxy) is 1. The predicted molar refractivity (Wildman–Crippen MR) is 70.5 cm³/mol. The number of fused-ring (bicyclic) bond motifs is 1. The fraction of sp³-hybridized carbons (Fsp3) is 0.308. The molecule has 0 aliphatic carbocycles. The molecule has 6 heteroatoms. The van der Waals surface area contributed by atoms with Crippen molar-refractivity contribution in [2.75, 3.05) is 5.32 Å². The second-order valence-corrected chi connectivity index (χ2v) is 5.30. The number of amides is 1. The fourth-order valence-corrected chi connectivity index (χ4v) is 2.75. The van der Waals surface area contributed by atoms with Crippen molar-refractivity contribution in [1.29, 1.82) is 5.26 Å². The van der Waals surface area contributed by atoms with Gasteiger partial charge in [0.1, 0.15) is 6.07 Å². The molecule has 0 radical (unpaired) electrons. The second kappa shape index (κ2) is 5.76. The minimum absolute atomic E-state index is 0.0448. The standard InChI is InChI=1S/C13H12N2O3S/c1-8(7-14)18-12(16)6-11-13(17)15-9-4-2-3-5-10(9)19-11/h2-5,8,11H,6H2,1H3,(H,15,17)/t8-,11+/m0/s1. The number of nitrogens with zero attached hydrogens (tertiary/aromatic N) is 1. The van der Waals surface area contributed by atoms with Crippen LogP contribution in [-0.2, 0) is 14.3 Å². The van der Waals surface area contributed by atoms with Crippen LogP contribution in [0.1, 0.15) is 13.3 Å². The Morgan fingerprint density at radius 1 is 1.58 bits per heavy atom. The zero-order chi connectivity index (χ0) is 13.8. The van der Waals surface area contributed by atoms with Gasteiger partial charge in [-0.3, -0.25) is 9.59 Å². The number of benzene rings is 1. The number of hydrogen-bond donors (Lipinski definition) is 1. The first kappa shape index (κ1) is 13.4. The first-order chi connectivity index (χ1) is 9.10. The van der Waals surface area contributed by atoms with Gasteiger partial charge < -0.3 is 10.1 Å². The molecule has 1 aromatic rings. The van der Waals surface area contributed by atoms with Gasteiger partial charge in [-0.1, -0.05) is 12.1 Å². The molecule has 1 amide bonds. The highest BCUT2D eigenvalue weighted by atomic mass is 32.2. The predicted octanol–water partition coefficient (Wildman–Crippen LogP) is 1.94. The zero-order valence-electron chi connectivity index (χ0n) is 10.3. The Balaban J connectivity index is 2.01. The highest BCUT2D eigenvalue weighted by Gasteiger charge is 2.29. The number of nitriles is 1. The van der Waals surface area contributed by atoms with Crippen molar-refractivity contribution in [3.05, 3.63) is 24.3 Å². The molecule has 1 aliphatic rings. The number of carbonyl (C=O) groups is 2. The molecule has 1 aromatic carbocycles. The van der Waals surface area contributed by atoms with E-state index in [0.29, 0.717) is 0 Å². The van der Waals surface area contributed by atoms with Crippen LogP contribution in [0.25, 0.3) is 0 Å². The topological polar surface area (TPSA) is 79.2 Å². The Morgan fingerprint density at radius 3 is 3.05 bits per heavy atom. The summed E-state index contributed by atoms with van der Waals surface area (Å²) in [5.41, 5.74) is 0.757. The molecule has 98 valence electrons. The quantitative estimate of drug-likeness (QED) is 0.853. The summed E-state index contributed by atoms with van der Waals surface area (Å²) >= 11 is 1.33. The van der Waals surface area contributed by atoms with Crippen molar-refractivity contribution in [1.82, 2.24) is 0 Å². The Morgan fingerprint density at radius 2 is 2.32 bits per heavy atom. The Hall–Kier alpha value is -2.00. The first-order valence-electron chi connectivity index (χ1n) is 5.76. The van der Waals surface area contributed by atoms with Crippen LogP contribution in [0, 0.1) is 11.3 Å². The van der Waals surface area contributed by atoms with Gasteiger partial charge in [0.2, 0.25) is 5.91 Å². The van der Waals surface area contributed by atoms with Crippen LogP contribution in [-0.4, -0.2) is 23.2 Å². The van der Waals surface area contributed by atoms with Crippen molar-refractivity contribution in [2.45, 2.75) is 29.6 Å². The SMILES string of the molecule is C[C@@H](C#N)OC(=O)C[C@H]1Sc2ccccc2NC1=O. The van der Waals surface area contributed by atoms with E-state index >= 15 is 0 Å². The molecule has 0 spiro atoms. The van der Waals surface area contributed by atoms with Crippen LogP contribution in [0.15, 0.2) is 29.2 Å². The van der Waals surface area contributed by atoms with Crippen LogP contribution in [0.3, 0.4) is 0 Å². The van der Waals surface area contributed by atoms with Crippen molar-refractivity contribution >= 4 is 29.3 Å². The molecule has 0 aromatic heterocycles. The molecule has 19 heavy (non-hydrogen) atoms. The van der Waals surface area contributed by atoms with Crippen LogP contribution in [0.5, 0.6) is 0 Å². The lowest BCUT2D eigenvalue weighted by Crippen LogP contribution is -2.32. The number of anilines is 1. The third-order valence-electron chi connectivity index (χ3n) is 2.55. The average Bonchev–Trinajstić information content (AvgIpc) is 2.39. The van der Waals surface area contributed by atoms with E-state index in [1.54, 1.807) is 0 Å². The van der Waals surface area contributed by atoms with Gasteiger partial charge >= 0.3 is 5.97 Å². The fourth-order valence-electron chi connectivity index (χ4n) is 1.65. The summed E-state index contributed by atoms with van der Waals surface area (Å²) in [6, 6.07) is 9.21. The van der Waals surface area contributed by atoms with Crippen LogP contribution < -0.4 is 5.32 Å². The van der Waals surface area contributed by atoms with Gasteiger partial charge in [0.15, 0.2) is 6.10 Å². The molecule has 2 atom stereocenters. The van der Waals surface area contributed by atoms with E-state index in [9.17, 15) is 9.59 Å². The Bertz CT molecular complexity index is 553. The number of para-hydroxylation sites is 1. The van der Waals surface area contributed by atoms with Crippen LogP contribution in [0.4, 0.5) is 5.69 Å². The minimum Gasteiger partial charge on any atom is -0.447 e. The highest BCUT2D eigenvalue weighted by Crippen LogP contribution is 2.36. The van der Waals surface area contributed by atoms with E-state index in [2.05, 4.69) is 5.32 Å². The molecular formula is C13H12N2O3S. The number of rotatable bonds is 3. The van der Waals surface area contributed by atoms with Gasteiger partial charge in [0, 0.05) is 4.90 Å². The second-order valence-electron chi connectivity index (χ2n) is 4.06. The summed E-state index contributed by atoms with van der Waals surface area (Å²) in [6.45, 7) is 1.49. The zero-order valence-corrected chi connectivity index (χ0v) is 11.1. The van der Waals surface area contributed by atoms with Crippen molar-refractivity contribution in [2.24, 2.45) is 0 Å². The molecule has 0 unspecified atom stereocenters. The lowest BCUT2D eigenvalue weighted by molar-refractivity contribution is -0.146.